The van der Waals surface area contributed by atoms with E-state index >= 15 is 0 Å². The van der Waals surface area contributed by atoms with Gasteiger partial charge in [0.05, 0.1) is 30.6 Å². The van der Waals surface area contributed by atoms with Crippen molar-refractivity contribution >= 4 is 28.4 Å². The molecule has 6 rings (SSSR count). The summed E-state index contributed by atoms with van der Waals surface area (Å²) in [4.78, 5) is 11.9. The smallest absolute Gasteiger partial charge is 0.228 e. The molecule has 0 aliphatic carbocycles. The van der Waals surface area contributed by atoms with Gasteiger partial charge in [-0.3, -0.25) is 4.68 Å². The molecule has 1 fully saturated rings. The van der Waals surface area contributed by atoms with Gasteiger partial charge in [0.1, 0.15) is 11.6 Å². The lowest BCUT2D eigenvalue weighted by molar-refractivity contribution is 0.122. The first-order valence-corrected chi connectivity index (χ1v) is 11.9. The van der Waals surface area contributed by atoms with E-state index in [4.69, 9.17) is 14.7 Å². The summed E-state index contributed by atoms with van der Waals surface area (Å²) in [6, 6.07) is 16.4. The number of hydrogen-bond donors (Lipinski definition) is 1. The van der Waals surface area contributed by atoms with Crippen molar-refractivity contribution in [3.05, 3.63) is 60.6 Å². The van der Waals surface area contributed by atoms with Gasteiger partial charge < -0.3 is 19.5 Å². The van der Waals surface area contributed by atoms with Gasteiger partial charge in [-0.1, -0.05) is 12.1 Å². The summed E-state index contributed by atoms with van der Waals surface area (Å²) in [6.45, 7) is 4.79. The number of anilines is 3. The Morgan fingerprint density at radius 2 is 1.67 bits per heavy atom. The normalized spacial score (nSPS) is 13.9. The minimum absolute atomic E-state index is 0.667. The van der Waals surface area contributed by atoms with E-state index in [1.807, 2.05) is 66.8 Å². The average Bonchev–Trinajstić information content (AvgIpc) is 3.46. The molecule has 1 saturated heterocycles. The maximum absolute atomic E-state index is 5.54. The molecule has 5 aromatic rings. The van der Waals surface area contributed by atoms with Crippen LogP contribution in [-0.2, 0) is 18.8 Å². The zero-order valence-electron chi connectivity index (χ0n) is 20.5. The van der Waals surface area contributed by atoms with Crippen LogP contribution in [0, 0.1) is 6.92 Å². The molecule has 0 amide bonds. The lowest BCUT2D eigenvalue weighted by atomic mass is 10.1. The molecular weight excluding hydrogens is 454 g/mol. The molecule has 2 aromatic carbocycles. The molecule has 36 heavy (non-hydrogen) atoms. The van der Waals surface area contributed by atoms with Crippen LogP contribution >= 0.6 is 0 Å². The zero-order valence-corrected chi connectivity index (χ0v) is 20.5. The van der Waals surface area contributed by atoms with Crippen molar-refractivity contribution in [1.82, 2.24) is 34.5 Å². The standard InChI is InChI=1S/C26H27N9O/c1-17-31-32-25(33(17)2)18-6-8-21(9-7-18)28-24-15-22(29-26(30-24)35-10-12-36-13-11-35)19-4-5-20-16-27-34(3)23(20)14-19/h4-9,14-16H,10-13H2,1-3H3,(H,28,29,30). The number of ether oxygens (including phenoxy) is 1. The SMILES string of the molecule is Cc1nnc(-c2ccc(Nc3cc(-c4ccc5cnn(C)c5c4)nc(N4CCOCC4)n3)cc2)n1C. The van der Waals surface area contributed by atoms with Crippen LogP contribution in [0.15, 0.2) is 54.7 Å². The third-order valence-corrected chi connectivity index (χ3v) is 6.56. The number of aryl methyl sites for hydroxylation is 2. The number of nitrogens with zero attached hydrogens (tertiary/aromatic N) is 8. The van der Waals surface area contributed by atoms with Gasteiger partial charge in [0.25, 0.3) is 0 Å². The zero-order chi connectivity index (χ0) is 24.6. The fraction of sp³-hybridized carbons (Fsp3) is 0.269. The van der Waals surface area contributed by atoms with Crippen molar-refractivity contribution in [2.75, 3.05) is 36.5 Å². The molecule has 0 spiro atoms. The fourth-order valence-electron chi connectivity index (χ4n) is 4.36. The lowest BCUT2D eigenvalue weighted by Crippen LogP contribution is -2.37. The quantitative estimate of drug-likeness (QED) is 0.406. The number of nitrogens with one attached hydrogen (secondary N) is 1. The molecule has 0 radical (unpaired) electrons. The molecule has 1 aliphatic heterocycles. The third-order valence-electron chi connectivity index (χ3n) is 6.56. The van der Waals surface area contributed by atoms with E-state index in [1.165, 1.54) is 0 Å². The van der Waals surface area contributed by atoms with Crippen LogP contribution in [0.25, 0.3) is 33.5 Å². The van der Waals surface area contributed by atoms with Gasteiger partial charge in [-0.2, -0.15) is 10.1 Å². The minimum atomic E-state index is 0.667. The summed E-state index contributed by atoms with van der Waals surface area (Å²) in [5.74, 6) is 3.13. The minimum Gasteiger partial charge on any atom is -0.378 e. The maximum Gasteiger partial charge on any atom is 0.228 e. The molecule has 182 valence electrons. The van der Waals surface area contributed by atoms with Crippen LogP contribution in [0.5, 0.6) is 0 Å². The second-order valence-corrected chi connectivity index (χ2v) is 8.91. The van der Waals surface area contributed by atoms with E-state index in [9.17, 15) is 0 Å². The summed E-state index contributed by atoms with van der Waals surface area (Å²) < 4.78 is 9.39. The van der Waals surface area contributed by atoms with E-state index in [0.29, 0.717) is 19.2 Å². The Morgan fingerprint density at radius 1 is 0.889 bits per heavy atom. The van der Waals surface area contributed by atoms with Crippen LogP contribution in [0.4, 0.5) is 17.5 Å². The predicted molar refractivity (Wildman–Crippen MR) is 139 cm³/mol. The van der Waals surface area contributed by atoms with Gasteiger partial charge in [-0.25, -0.2) is 4.98 Å². The highest BCUT2D eigenvalue weighted by molar-refractivity contribution is 5.84. The molecule has 1 N–H and O–H groups in total. The summed E-state index contributed by atoms with van der Waals surface area (Å²) in [6.07, 6.45) is 1.87. The molecule has 4 heterocycles. The molecule has 1 aliphatic rings. The molecule has 0 atom stereocenters. The topological polar surface area (TPSA) is 98.8 Å². The second kappa shape index (κ2) is 9.04. The van der Waals surface area contributed by atoms with Crippen LogP contribution in [0.1, 0.15) is 5.82 Å². The van der Waals surface area contributed by atoms with Gasteiger partial charge >= 0.3 is 0 Å². The highest BCUT2D eigenvalue weighted by Crippen LogP contribution is 2.28. The Labute approximate surface area is 208 Å². The molecule has 10 nitrogen and oxygen atoms in total. The van der Waals surface area contributed by atoms with Crippen molar-refractivity contribution in [2.24, 2.45) is 14.1 Å². The predicted octanol–water partition coefficient (Wildman–Crippen LogP) is 3.71. The second-order valence-electron chi connectivity index (χ2n) is 8.91. The van der Waals surface area contributed by atoms with E-state index < -0.39 is 0 Å². The summed E-state index contributed by atoms with van der Waals surface area (Å²) in [7, 11) is 3.92. The van der Waals surface area contributed by atoms with Crippen LogP contribution in [-0.4, -0.2) is 60.8 Å². The van der Waals surface area contributed by atoms with Crippen molar-refractivity contribution in [2.45, 2.75) is 6.92 Å². The van der Waals surface area contributed by atoms with E-state index in [1.54, 1.807) is 0 Å². The largest absolute Gasteiger partial charge is 0.378 e. The number of morpholine rings is 1. The number of hydrogen-bond acceptors (Lipinski definition) is 8. The fourth-order valence-corrected chi connectivity index (χ4v) is 4.36. The van der Waals surface area contributed by atoms with Gasteiger partial charge in [0.15, 0.2) is 5.82 Å². The summed E-state index contributed by atoms with van der Waals surface area (Å²) >= 11 is 0. The Morgan fingerprint density at radius 3 is 2.42 bits per heavy atom. The molecular formula is C26H27N9O. The van der Waals surface area contributed by atoms with Crippen molar-refractivity contribution in [3.8, 4) is 22.6 Å². The van der Waals surface area contributed by atoms with Crippen molar-refractivity contribution in [3.63, 3.8) is 0 Å². The number of benzene rings is 2. The van der Waals surface area contributed by atoms with E-state index in [-0.39, 0.29) is 0 Å². The maximum atomic E-state index is 5.54. The Balaban J connectivity index is 1.35. The third kappa shape index (κ3) is 4.16. The summed E-state index contributed by atoms with van der Waals surface area (Å²) in [5.41, 5.74) is 4.85. The van der Waals surface area contributed by atoms with Crippen molar-refractivity contribution in [1.29, 1.82) is 0 Å². The van der Waals surface area contributed by atoms with Crippen LogP contribution < -0.4 is 10.2 Å². The first kappa shape index (κ1) is 22.2. The number of fused-ring (bicyclic) bond motifs is 1. The first-order chi connectivity index (χ1) is 17.5. The van der Waals surface area contributed by atoms with Crippen LogP contribution in [0.3, 0.4) is 0 Å². The molecule has 10 heteroatoms. The highest BCUT2D eigenvalue weighted by Gasteiger charge is 2.17. The highest BCUT2D eigenvalue weighted by atomic mass is 16.5. The van der Waals surface area contributed by atoms with Gasteiger partial charge in [-0.05, 0) is 37.3 Å². The molecule has 0 saturated carbocycles. The van der Waals surface area contributed by atoms with E-state index in [0.717, 1.165) is 64.0 Å². The van der Waals surface area contributed by atoms with E-state index in [2.05, 4.69) is 43.7 Å². The van der Waals surface area contributed by atoms with Gasteiger partial charge in [0.2, 0.25) is 5.95 Å². The Bertz CT molecular complexity index is 1530. The van der Waals surface area contributed by atoms with Crippen LogP contribution in [0.2, 0.25) is 0 Å². The number of rotatable bonds is 5. The number of aromatic nitrogens is 7. The first-order valence-electron chi connectivity index (χ1n) is 11.9. The average molecular weight is 482 g/mol. The van der Waals surface area contributed by atoms with Gasteiger partial charge in [-0.15, -0.1) is 10.2 Å². The monoisotopic (exact) mass is 481 g/mol. The summed E-state index contributed by atoms with van der Waals surface area (Å²) in [5, 5.41) is 17.4. The Kier molecular flexibility index (Phi) is 5.57. The van der Waals surface area contributed by atoms with Crippen molar-refractivity contribution < 1.29 is 4.74 Å². The molecule has 0 bridgehead atoms. The molecule has 0 unspecified atom stereocenters. The van der Waals surface area contributed by atoms with Gasteiger partial charge in [0, 0.05) is 55.5 Å². The molecule has 3 aromatic heterocycles. The lowest BCUT2D eigenvalue weighted by Gasteiger charge is -2.27. The Hall–Kier alpha value is -4.31.